The second-order valence-corrected chi connectivity index (χ2v) is 3.80. The van der Waals surface area contributed by atoms with Crippen LogP contribution in [-0.2, 0) is 0 Å². The molecular weight excluding hydrogens is 258 g/mol. The molecule has 0 radical (unpaired) electrons. The van der Waals surface area contributed by atoms with Crippen molar-refractivity contribution in [2.45, 2.75) is 19.4 Å². The number of nitro groups is 1. The van der Waals surface area contributed by atoms with Gasteiger partial charge in [-0.2, -0.15) is 0 Å². The number of nitrogens with two attached hydrogens (primary N) is 1. The highest BCUT2D eigenvalue weighted by molar-refractivity contribution is 5.98. The first kappa shape index (κ1) is 16.3. The van der Waals surface area contributed by atoms with Gasteiger partial charge in [-0.05, 0) is 19.4 Å². The highest BCUT2D eigenvalue weighted by Crippen LogP contribution is 2.17. The van der Waals surface area contributed by atoms with Crippen molar-refractivity contribution < 1.29 is 9.72 Å². The second-order valence-electron chi connectivity index (χ2n) is 3.80. The molecule has 1 rings (SSSR count). The fourth-order valence-electron chi connectivity index (χ4n) is 1.33. The average Bonchev–Trinajstić information content (AvgIpc) is 2.28. The van der Waals surface area contributed by atoms with Crippen LogP contribution >= 0.6 is 12.4 Å². The lowest BCUT2D eigenvalue weighted by atomic mass is 10.1. The zero-order chi connectivity index (χ0) is 12.8. The van der Waals surface area contributed by atoms with Crippen LogP contribution in [0.3, 0.4) is 0 Å². The Kier molecular flexibility index (Phi) is 6.92. The molecule has 0 aliphatic carbocycles. The van der Waals surface area contributed by atoms with Gasteiger partial charge in [-0.15, -0.1) is 12.4 Å². The molecule has 0 aliphatic rings. The fraction of sp³-hybridized carbons (Fsp3) is 0.364. The van der Waals surface area contributed by atoms with E-state index in [2.05, 4.69) is 5.32 Å². The number of carbonyl (C=O) groups excluding carboxylic acids is 1. The van der Waals surface area contributed by atoms with Gasteiger partial charge in [0.25, 0.3) is 11.6 Å². The van der Waals surface area contributed by atoms with E-state index in [9.17, 15) is 14.9 Å². The summed E-state index contributed by atoms with van der Waals surface area (Å²) in [7, 11) is 0. The molecule has 1 aromatic carbocycles. The lowest BCUT2D eigenvalue weighted by Crippen LogP contribution is -2.29. The number of carbonyl (C=O) groups is 1. The quantitative estimate of drug-likeness (QED) is 0.627. The minimum absolute atomic E-state index is 0. The van der Waals surface area contributed by atoms with Crippen molar-refractivity contribution in [2.75, 3.05) is 6.54 Å². The predicted octanol–water partition coefficient (Wildman–Crippen LogP) is 1.48. The van der Waals surface area contributed by atoms with E-state index in [0.29, 0.717) is 13.0 Å². The molecule has 0 saturated carbocycles. The maximum Gasteiger partial charge on any atom is 0.282 e. The molecule has 0 fully saturated rings. The Bertz CT molecular complexity index is 424. The number of nitrogens with one attached hydrogen (secondary N) is 1. The zero-order valence-electron chi connectivity index (χ0n) is 9.96. The first-order chi connectivity index (χ1) is 8.02. The first-order valence-electron chi connectivity index (χ1n) is 5.29. The van der Waals surface area contributed by atoms with Gasteiger partial charge in [0.2, 0.25) is 0 Å². The number of nitrogens with zero attached hydrogens (tertiary/aromatic N) is 1. The van der Waals surface area contributed by atoms with E-state index >= 15 is 0 Å². The molecule has 0 bridgehead atoms. The molecule has 1 aromatic rings. The summed E-state index contributed by atoms with van der Waals surface area (Å²) in [4.78, 5) is 21.8. The highest BCUT2D eigenvalue weighted by Gasteiger charge is 2.18. The standard InChI is InChI=1S/C11H15N3O3.ClH/c1-8(12)6-7-13-11(15)9-4-2-3-5-10(9)14(16)17;/h2-5,8H,6-7,12H2,1H3,(H,13,15);1H. The van der Waals surface area contributed by atoms with Gasteiger partial charge in [-0.1, -0.05) is 12.1 Å². The van der Waals surface area contributed by atoms with E-state index in [1.807, 2.05) is 6.92 Å². The number of benzene rings is 1. The van der Waals surface area contributed by atoms with E-state index in [1.54, 1.807) is 6.07 Å². The summed E-state index contributed by atoms with van der Waals surface area (Å²) in [6.07, 6.45) is 0.631. The smallest absolute Gasteiger partial charge is 0.282 e. The molecule has 3 N–H and O–H groups in total. The van der Waals surface area contributed by atoms with E-state index in [1.165, 1.54) is 18.2 Å². The molecule has 18 heavy (non-hydrogen) atoms. The van der Waals surface area contributed by atoms with Crippen molar-refractivity contribution in [3.05, 3.63) is 39.9 Å². The Morgan fingerprint density at radius 1 is 1.50 bits per heavy atom. The van der Waals surface area contributed by atoms with E-state index in [0.717, 1.165) is 0 Å². The number of nitro benzene ring substituents is 1. The summed E-state index contributed by atoms with van der Waals surface area (Å²) in [5.74, 6) is -0.446. The van der Waals surface area contributed by atoms with Crippen LogP contribution in [0.5, 0.6) is 0 Å². The molecule has 1 amide bonds. The monoisotopic (exact) mass is 273 g/mol. The Labute approximate surface area is 111 Å². The minimum atomic E-state index is -0.569. The fourth-order valence-corrected chi connectivity index (χ4v) is 1.33. The summed E-state index contributed by atoms with van der Waals surface area (Å²) in [5, 5.41) is 13.3. The first-order valence-corrected chi connectivity index (χ1v) is 5.29. The number of hydrogen-bond acceptors (Lipinski definition) is 4. The van der Waals surface area contributed by atoms with Crippen LogP contribution in [0.2, 0.25) is 0 Å². The SMILES string of the molecule is CC(N)CCNC(=O)c1ccccc1[N+](=O)[O-].Cl. The Morgan fingerprint density at radius 3 is 2.67 bits per heavy atom. The molecule has 0 aliphatic heterocycles. The van der Waals surface area contributed by atoms with E-state index in [4.69, 9.17) is 5.73 Å². The lowest BCUT2D eigenvalue weighted by Gasteiger charge is -2.07. The third kappa shape index (κ3) is 4.68. The average molecular weight is 274 g/mol. The van der Waals surface area contributed by atoms with Gasteiger partial charge in [0, 0.05) is 18.7 Å². The lowest BCUT2D eigenvalue weighted by molar-refractivity contribution is -0.385. The Morgan fingerprint density at radius 2 is 2.11 bits per heavy atom. The molecule has 1 unspecified atom stereocenters. The maximum atomic E-state index is 11.7. The minimum Gasteiger partial charge on any atom is -0.352 e. The largest absolute Gasteiger partial charge is 0.352 e. The molecule has 0 spiro atoms. The molecule has 100 valence electrons. The molecule has 0 saturated heterocycles. The third-order valence-corrected chi connectivity index (χ3v) is 2.23. The third-order valence-electron chi connectivity index (χ3n) is 2.23. The number of amides is 1. The van der Waals surface area contributed by atoms with E-state index < -0.39 is 10.8 Å². The van der Waals surface area contributed by atoms with Crippen LogP contribution in [0.1, 0.15) is 23.7 Å². The molecular formula is C11H16ClN3O3. The van der Waals surface area contributed by atoms with Crippen molar-refractivity contribution >= 4 is 24.0 Å². The normalized spacial score (nSPS) is 11.2. The number of para-hydroxylation sites is 1. The van der Waals surface area contributed by atoms with Gasteiger partial charge in [-0.25, -0.2) is 0 Å². The van der Waals surface area contributed by atoms with Gasteiger partial charge >= 0.3 is 0 Å². The van der Waals surface area contributed by atoms with Gasteiger partial charge in [0.15, 0.2) is 0 Å². The highest BCUT2D eigenvalue weighted by atomic mass is 35.5. The topological polar surface area (TPSA) is 98.3 Å². The number of halogens is 1. The van der Waals surface area contributed by atoms with Gasteiger partial charge in [0.05, 0.1) is 4.92 Å². The summed E-state index contributed by atoms with van der Waals surface area (Å²) in [6, 6.07) is 5.84. The van der Waals surface area contributed by atoms with Crippen LogP contribution in [0, 0.1) is 10.1 Å². The van der Waals surface area contributed by atoms with Crippen LogP contribution in [0.25, 0.3) is 0 Å². The van der Waals surface area contributed by atoms with Crippen molar-refractivity contribution in [1.82, 2.24) is 5.32 Å². The molecule has 7 heteroatoms. The van der Waals surface area contributed by atoms with Crippen molar-refractivity contribution in [1.29, 1.82) is 0 Å². The Balaban J connectivity index is 0.00000289. The van der Waals surface area contributed by atoms with Crippen LogP contribution in [-0.4, -0.2) is 23.4 Å². The summed E-state index contributed by atoms with van der Waals surface area (Å²) >= 11 is 0. The van der Waals surface area contributed by atoms with E-state index in [-0.39, 0.29) is 29.7 Å². The van der Waals surface area contributed by atoms with Crippen LogP contribution in [0.4, 0.5) is 5.69 Å². The van der Waals surface area contributed by atoms with Crippen LogP contribution in [0.15, 0.2) is 24.3 Å². The van der Waals surface area contributed by atoms with Crippen molar-refractivity contribution in [3.8, 4) is 0 Å². The summed E-state index contributed by atoms with van der Waals surface area (Å²) < 4.78 is 0. The van der Waals surface area contributed by atoms with Crippen molar-refractivity contribution in [3.63, 3.8) is 0 Å². The van der Waals surface area contributed by atoms with Gasteiger partial charge in [0.1, 0.15) is 5.56 Å². The Hall–Kier alpha value is -1.66. The van der Waals surface area contributed by atoms with Gasteiger partial charge < -0.3 is 11.1 Å². The summed E-state index contributed by atoms with van der Waals surface area (Å²) in [6.45, 7) is 2.24. The molecule has 0 aromatic heterocycles. The van der Waals surface area contributed by atoms with Crippen LogP contribution < -0.4 is 11.1 Å². The molecule has 1 atom stereocenters. The predicted molar refractivity (Wildman–Crippen MR) is 70.9 cm³/mol. The van der Waals surface area contributed by atoms with Gasteiger partial charge in [-0.3, -0.25) is 14.9 Å². The molecule has 0 heterocycles. The number of hydrogen-bond donors (Lipinski definition) is 2. The maximum absolute atomic E-state index is 11.7. The van der Waals surface area contributed by atoms with Crippen molar-refractivity contribution in [2.24, 2.45) is 5.73 Å². The molecule has 6 nitrogen and oxygen atoms in total. The zero-order valence-corrected chi connectivity index (χ0v) is 10.8. The number of rotatable bonds is 5. The second kappa shape index (κ2) is 7.62. The summed E-state index contributed by atoms with van der Waals surface area (Å²) in [5.41, 5.74) is 5.42.